The number of halogens is 1. The number of carboxylic acids is 1. The summed E-state index contributed by atoms with van der Waals surface area (Å²) in [5.74, 6) is 2.72. The minimum absolute atomic E-state index is 0.0216. The van der Waals surface area contributed by atoms with Gasteiger partial charge < -0.3 is 30.5 Å². The number of carboxylic acid groups (broad SMARTS) is 1. The lowest BCUT2D eigenvalue weighted by molar-refractivity contribution is -0.144. The maximum Gasteiger partial charge on any atom is 0.329 e. The van der Waals surface area contributed by atoms with Crippen LogP contribution < -0.4 is 25.4 Å². The van der Waals surface area contributed by atoms with Crippen molar-refractivity contribution in [3.63, 3.8) is 0 Å². The summed E-state index contributed by atoms with van der Waals surface area (Å²) in [6.07, 6.45) is 12.2. The number of amides is 1. The van der Waals surface area contributed by atoms with E-state index in [1.807, 2.05) is 68.0 Å². The molecule has 0 aliphatic heterocycles. The number of ether oxygens (including phenoxy) is 2. The van der Waals surface area contributed by atoms with Crippen LogP contribution in [0.1, 0.15) is 106 Å². The van der Waals surface area contributed by atoms with Gasteiger partial charge in [-0.25, -0.2) is 9.78 Å². The van der Waals surface area contributed by atoms with Crippen LogP contribution in [0, 0.1) is 11.8 Å². The van der Waals surface area contributed by atoms with Gasteiger partial charge in [-0.1, -0.05) is 55.8 Å². The van der Waals surface area contributed by atoms with Gasteiger partial charge in [0.15, 0.2) is 0 Å². The SMILES string of the molecule is CNc1ccc(-c2cccc(CNC(=O)CCCOc3ccc4c(c3)C3(CCC(Nc5cccc(Cl)c5)(C(=O)O)CC3)[C@@H](C[C@@H](C)COc3ccnc5c3[C@H](C)CCC5)C4)c2)cn1. The average molecular weight is 871 g/mol. The molecule has 3 aromatic carbocycles. The summed E-state index contributed by atoms with van der Waals surface area (Å²) < 4.78 is 13.0. The number of nitrogens with zero attached hydrogens (tertiary/aromatic N) is 2. The van der Waals surface area contributed by atoms with Crippen molar-refractivity contribution >= 4 is 35.0 Å². The lowest BCUT2D eigenvalue weighted by atomic mass is 9.59. The van der Waals surface area contributed by atoms with Crippen LogP contribution in [-0.2, 0) is 34.4 Å². The molecule has 3 atom stereocenters. The molecule has 4 N–H and O–H groups in total. The smallest absolute Gasteiger partial charge is 0.329 e. The molecule has 2 aromatic heterocycles. The second-order valence-electron chi connectivity index (χ2n) is 18.1. The van der Waals surface area contributed by atoms with Crippen molar-refractivity contribution in [3.05, 3.63) is 130 Å². The molecule has 0 unspecified atom stereocenters. The van der Waals surface area contributed by atoms with Gasteiger partial charge in [0.1, 0.15) is 22.9 Å². The van der Waals surface area contributed by atoms with E-state index in [0.29, 0.717) is 68.0 Å². The van der Waals surface area contributed by atoms with E-state index in [1.165, 1.54) is 22.4 Å². The monoisotopic (exact) mass is 869 g/mol. The molecule has 10 nitrogen and oxygen atoms in total. The second kappa shape index (κ2) is 19.4. The molecule has 5 aromatic rings. The van der Waals surface area contributed by atoms with Crippen molar-refractivity contribution in [3.8, 4) is 22.6 Å². The molecule has 3 aliphatic carbocycles. The zero-order valence-corrected chi connectivity index (χ0v) is 37.5. The highest BCUT2D eigenvalue weighted by atomic mass is 35.5. The number of benzene rings is 3. The molecule has 1 saturated carbocycles. The van der Waals surface area contributed by atoms with Gasteiger partial charge in [0.05, 0.1) is 13.2 Å². The lowest BCUT2D eigenvalue weighted by Gasteiger charge is -2.47. The first-order valence-electron chi connectivity index (χ1n) is 22.7. The van der Waals surface area contributed by atoms with Crippen LogP contribution in [0.4, 0.5) is 11.5 Å². The highest BCUT2D eigenvalue weighted by Crippen LogP contribution is 2.57. The van der Waals surface area contributed by atoms with E-state index in [1.54, 1.807) is 12.1 Å². The van der Waals surface area contributed by atoms with E-state index >= 15 is 0 Å². The number of aryl methyl sites for hydroxylation is 1. The minimum Gasteiger partial charge on any atom is -0.494 e. The quantitative estimate of drug-likeness (QED) is 0.0674. The molecule has 1 amide bonds. The number of nitrogens with one attached hydrogen (secondary N) is 3. The predicted molar refractivity (Wildman–Crippen MR) is 250 cm³/mol. The topological polar surface area (TPSA) is 135 Å². The number of rotatable bonds is 17. The molecule has 1 spiro atoms. The van der Waals surface area contributed by atoms with Crippen LogP contribution in [0.25, 0.3) is 11.1 Å². The summed E-state index contributed by atoms with van der Waals surface area (Å²) >= 11 is 6.32. The van der Waals surface area contributed by atoms with Crippen LogP contribution in [0.15, 0.2) is 97.3 Å². The Morgan fingerprint density at radius 2 is 1.79 bits per heavy atom. The van der Waals surface area contributed by atoms with E-state index in [2.05, 4.69) is 64.0 Å². The van der Waals surface area contributed by atoms with E-state index in [-0.39, 0.29) is 17.2 Å². The number of hydrogen-bond donors (Lipinski definition) is 4. The Hall–Kier alpha value is -5.61. The summed E-state index contributed by atoms with van der Waals surface area (Å²) in [6, 6.07) is 27.9. The summed E-state index contributed by atoms with van der Waals surface area (Å²) in [4.78, 5) is 35.1. The van der Waals surface area contributed by atoms with Gasteiger partial charge in [-0.3, -0.25) is 9.78 Å². The first kappa shape index (κ1) is 44.0. The van der Waals surface area contributed by atoms with Crippen LogP contribution >= 0.6 is 11.6 Å². The van der Waals surface area contributed by atoms with Crippen LogP contribution in [0.2, 0.25) is 5.02 Å². The van der Waals surface area contributed by atoms with Crippen molar-refractivity contribution < 1.29 is 24.2 Å². The third-order valence-electron chi connectivity index (χ3n) is 13.9. The molecule has 63 heavy (non-hydrogen) atoms. The molecule has 0 radical (unpaired) electrons. The third-order valence-corrected chi connectivity index (χ3v) is 14.1. The molecule has 330 valence electrons. The van der Waals surface area contributed by atoms with Gasteiger partial charge in [0.2, 0.25) is 5.91 Å². The fourth-order valence-electron chi connectivity index (χ4n) is 10.5. The Balaban J connectivity index is 0.921. The molecule has 11 heteroatoms. The van der Waals surface area contributed by atoms with Gasteiger partial charge >= 0.3 is 5.97 Å². The van der Waals surface area contributed by atoms with Crippen LogP contribution in [0.5, 0.6) is 11.5 Å². The van der Waals surface area contributed by atoms with E-state index < -0.39 is 11.5 Å². The van der Waals surface area contributed by atoms with Gasteiger partial charge in [0, 0.05) is 59.9 Å². The molecule has 2 heterocycles. The largest absolute Gasteiger partial charge is 0.494 e. The van der Waals surface area contributed by atoms with Crippen molar-refractivity contribution in [2.75, 3.05) is 30.9 Å². The maximum absolute atomic E-state index is 13.1. The number of carbonyl (C=O) groups is 2. The standard InChI is InChI=1S/C52H60ClN5O5/c1-34(33-63-46-19-24-55-45-13-4-8-35(2)49(45)46)26-40-28-38-15-17-43(30-44(38)51(40)20-22-52(23-21-51,50(60)61)58-42-12-6-11-41(53)29-42)62-25-7-14-48(59)57-31-36-9-5-10-37(27-36)39-16-18-47(54-3)56-32-39/h5-6,9-12,15-19,24,27,29-30,32,34-35,40,58H,4,7-8,13-14,20-23,25-26,28,31,33H2,1-3H3,(H,54,56)(H,57,59)(H,60,61)/t34-,35-,40+,51?,52?/m1/s1. The maximum atomic E-state index is 13.1. The number of anilines is 2. The summed E-state index contributed by atoms with van der Waals surface area (Å²) in [6.45, 7) is 6.02. The highest BCUT2D eigenvalue weighted by molar-refractivity contribution is 6.30. The third kappa shape index (κ3) is 9.96. The Labute approximate surface area is 376 Å². The first-order chi connectivity index (χ1) is 30.5. The number of pyridine rings is 2. The Morgan fingerprint density at radius 1 is 0.952 bits per heavy atom. The van der Waals surface area contributed by atoms with E-state index in [4.69, 9.17) is 21.1 Å². The fraction of sp³-hybridized carbons (Fsp3) is 0.423. The number of hydrogen-bond acceptors (Lipinski definition) is 8. The number of fused-ring (bicyclic) bond motifs is 3. The lowest BCUT2D eigenvalue weighted by Crippen LogP contribution is -2.53. The van der Waals surface area contributed by atoms with Gasteiger partial charge in [-0.05, 0) is 164 Å². The van der Waals surface area contributed by atoms with Crippen LogP contribution in [0.3, 0.4) is 0 Å². The first-order valence-corrected chi connectivity index (χ1v) is 23.1. The van der Waals surface area contributed by atoms with E-state index in [0.717, 1.165) is 79.0 Å². The molecule has 0 saturated heterocycles. The molecular weight excluding hydrogens is 810 g/mol. The molecular formula is C52H60ClN5O5. The summed E-state index contributed by atoms with van der Waals surface area (Å²) in [5.41, 5.74) is 7.49. The molecule has 1 fully saturated rings. The molecule has 8 rings (SSSR count). The summed E-state index contributed by atoms with van der Waals surface area (Å²) in [7, 11) is 1.85. The molecule has 0 bridgehead atoms. The number of aliphatic carboxylic acids is 1. The Bertz CT molecular complexity index is 2400. The zero-order valence-electron chi connectivity index (χ0n) is 36.7. The van der Waals surface area contributed by atoms with Crippen molar-refractivity contribution in [1.29, 1.82) is 0 Å². The molecule has 3 aliphatic rings. The van der Waals surface area contributed by atoms with Crippen molar-refractivity contribution in [2.45, 2.75) is 108 Å². The highest BCUT2D eigenvalue weighted by Gasteiger charge is 2.54. The number of carbonyl (C=O) groups excluding carboxylic acids is 1. The predicted octanol–water partition coefficient (Wildman–Crippen LogP) is 10.8. The van der Waals surface area contributed by atoms with Gasteiger partial charge in [-0.2, -0.15) is 0 Å². The van der Waals surface area contributed by atoms with Gasteiger partial charge in [-0.15, -0.1) is 0 Å². The summed E-state index contributed by atoms with van der Waals surface area (Å²) in [5, 5.41) is 20.8. The average Bonchev–Trinajstić information content (AvgIpc) is 3.58. The Kier molecular flexibility index (Phi) is 13.6. The minimum atomic E-state index is -1.11. The van der Waals surface area contributed by atoms with Crippen molar-refractivity contribution in [2.24, 2.45) is 11.8 Å². The Morgan fingerprint density at radius 3 is 2.57 bits per heavy atom. The van der Waals surface area contributed by atoms with Crippen LogP contribution in [-0.4, -0.2) is 52.8 Å². The van der Waals surface area contributed by atoms with Gasteiger partial charge in [0.25, 0.3) is 0 Å². The normalized spacial score (nSPS) is 21.8. The fourth-order valence-corrected chi connectivity index (χ4v) is 10.6. The second-order valence-corrected chi connectivity index (χ2v) is 18.6. The zero-order chi connectivity index (χ0) is 44.0. The number of aromatic nitrogens is 2. The van der Waals surface area contributed by atoms with Crippen molar-refractivity contribution in [1.82, 2.24) is 15.3 Å². The van der Waals surface area contributed by atoms with E-state index in [9.17, 15) is 14.7 Å².